The number of hydrogen-bond donors (Lipinski definition) is 2. The van der Waals surface area contributed by atoms with Gasteiger partial charge in [-0.05, 0) is 67.8 Å². The van der Waals surface area contributed by atoms with Gasteiger partial charge in [0.2, 0.25) is 0 Å². The number of para-hydroxylation sites is 1. The van der Waals surface area contributed by atoms with E-state index in [-0.39, 0.29) is 4.90 Å². The SMILES string of the molecule is COc1ccc(S(=O)(=O)Nc2ccc(Nc3c(C)cccc3C)nc2)cc1C. The van der Waals surface area contributed by atoms with E-state index in [0.717, 1.165) is 22.4 Å². The van der Waals surface area contributed by atoms with Gasteiger partial charge in [0.15, 0.2) is 0 Å². The summed E-state index contributed by atoms with van der Waals surface area (Å²) in [6, 6.07) is 14.2. The third kappa shape index (κ3) is 4.26. The fourth-order valence-corrected chi connectivity index (χ4v) is 4.03. The number of pyridine rings is 1. The van der Waals surface area contributed by atoms with Crippen LogP contribution in [-0.2, 0) is 10.0 Å². The average Bonchev–Trinajstić information content (AvgIpc) is 2.66. The molecule has 3 rings (SSSR count). The molecule has 0 aliphatic carbocycles. The Balaban J connectivity index is 1.77. The Morgan fingerprint density at radius 2 is 1.64 bits per heavy atom. The Kier molecular flexibility index (Phi) is 5.56. The molecule has 0 saturated carbocycles. The van der Waals surface area contributed by atoms with Crippen molar-refractivity contribution in [2.45, 2.75) is 25.7 Å². The molecule has 0 aliphatic rings. The zero-order valence-electron chi connectivity index (χ0n) is 16.3. The van der Waals surface area contributed by atoms with Crippen molar-refractivity contribution >= 4 is 27.2 Å². The lowest BCUT2D eigenvalue weighted by Gasteiger charge is -2.13. The molecule has 6 nitrogen and oxygen atoms in total. The van der Waals surface area contributed by atoms with Gasteiger partial charge >= 0.3 is 0 Å². The Morgan fingerprint density at radius 3 is 2.21 bits per heavy atom. The Hall–Kier alpha value is -3.06. The number of hydrogen-bond acceptors (Lipinski definition) is 5. The molecule has 0 radical (unpaired) electrons. The molecule has 3 aromatic rings. The molecule has 0 amide bonds. The van der Waals surface area contributed by atoms with Crippen LogP contribution in [0.5, 0.6) is 5.75 Å². The lowest BCUT2D eigenvalue weighted by atomic mass is 10.1. The van der Waals surface area contributed by atoms with Gasteiger partial charge in [-0.25, -0.2) is 13.4 Å². The highest BCUT2D eigenvalue weighted by Gasteiger charge is 2.16. The highest BCUT2D eigenvalue weighted by molar-refractivity contribution is 7.92. The van der Waals surface area contributed by atoms with E-state index < -0.39 is 10.0 Å². The second-order valence-corrected chi connectivity index (χ2v) is 8.24. The lowest BCUT2D eigenvalue weighted by Crippen LogP contribution is -2.13. The van der Waals surface area contributed by atoms with E-state index in [1.807, 2.05) is 32.0 Å². The van der Waals surface area contributed by atoms with E-state index in [4.69, 9.17) is 4.74 Å². The zero-order valence-corrected chi connectivity index (χ0v) is 17.1. The Labute approximate surface area is 165 Å². The molecular weight excluding hydrogens is 374 g/mol. The maximum atomic E-state index is 12.6. The number of benzene rings is 2. The number of nitrogens with one attached hydrogen (secondary N) is 2. The van der Waals surface area contributed by atoms with Crippen LogP contribution in [0, 0.1) is 20.8 Å². The van der Waals surface area contributed by atoms with Gasteiger partial charge in [-0.1, -0.05) is 18.2 Å². The van der Waals surface area contributed by atoms with Crippen molar-refractivity contribution in [1.29, 1.82) is 0 Å². The topological polar surface area (TPSA) is 80.3 Å². The first-order valence-electron chi connectivity index (χ1n) is 8.77. The van der Waals surface area contributed by atoms with Crippen LogP contribution in [0.15, 0.2) is 59.6 Å². The minimum atomic E-state index is -3.71. The zero-order chi connectivity index (χ0) is 20.3. The van der Waals surface area contributed by atoms with E-state index >= 15 is 0 Å². The number of anilines is 3. The molecular formula is C21H23N3O3S. The largest absolute Gasteiger partial charge is 0.496 e. The van der Waals surface area contributed by atoms with E-state index in [9.17, 15) is 8.42 Å². The predicted molar refractivity (Wildman–Crippen MR) is 112 cm³/mol. The molecule has 28 heavy (non-hydrogen) atoms. The molecule has 0 bridgehead atoms. The summed E-state index contributed by atoms with van der Waals surface area (Å²) >= 11 is 0. The fourth-order valence-electron chi connectivity index (χ4n) is 2.90. The van der Waals surface area contributed by atoms with Gasteiger partial charge in [0, 0.05) is 5.69 Å². The number of ether oxygens (including phenoxy) is 1. The van der Waals surface area contributed by atoms with Crippen molar-refractivity contribution in [3.8, 4) is 5.75 Å². The maximum absolute atomic E-state index is 12.6. The van der Waals surface area contributed by atoms with Crippen molar-refractivity contribution in [2.24, 2.45) is 0 Å². The number of nitrogens with zero attached hydrogens (tertiary/aromatic N) is 1. The summed E-state index contributed by atoms with van der Waals surface area (Å²) in [5.41, 5.74) is 4.36. The highest BCUT2D eigenvalue weighted by atomic mass is 32.2. The first kappa shape index (κ1) is 19.7. The minimum absolute atomic E-state index is 0.170. The van der Waals surface area contributed by atoms with Gasteiger partial charge < -0.3 is 10.1 Å². The highest BCUT2D eigenvalue weighted by Crippen LogP contribution is 2.25. The van der Waals surface area contributed by atoms with Crippen LogP contribution in [0.25, 0.3) is 0 Å². The predicted octanol–water partition coefficient (Wildman–Crippen LogP) is 4.56. The maximum Gasteiger partial charge on any atom is 0.261 e. The first-order chi connectivity index (χ1) is 13.3. The summed E-state index contributed by atoms with van der Waals surface area (Å²) in [5, 5.41) is 3.28. The van der Waals surface area contributed by atoms with Gasteiger partial charge in [0.05, 0.1) is 23.9 Å². The second-order valence-electron chi connectivity index (χ2n) is 6.56. The van der Waals surface area contributed by atoms with E-state index in [2.05, 4.69) is 15.0 Å². The van der Waals surface area contributed by atoms with Gasteiger partial charge in [-0.3, -0.25) is 4.72 Å². The number of rotatable bonds is 6. The molecule has 2 aromatic carbocycles. The van der Waals surface area contributed by atoms with Crippen LogP contribution >= 0.6 is 0 Å². The van der Waals surface area contributed by atoms with Crippen LogP contribution in [0.2, 0.25) is 0 Å². The van der Waals surface area contributed by atoms with Gasteiger partial charge in [-0.2, -0.15) is 0 Å². The van der Waals surface area contributed by atoms with Crippen molar-refractivity contribution in [3.05, 3.63) is 71.4 Å². The molecule has 1 heterocycles. The number of methoxy groups -OCH3 is 1. The molecule has 0 saturated heterocycles. The van der Waals surface area contributed by atoms with Crippen LogP contribution < -0.4 is 14.8 Å². The smallest absolute Gasteiger partial charge is 0.261 e. The summed E-state index contributed by atoms with van der Waals surface area (Å²) < 4.78 is 33.0. The summed E-state index contributed by atoms with van der Waals surface area (Å²) in [7, 11) is -2.16. The third-order valence-electron chi connectivity index (χ3n) is 4.43. The monoisotopic (exact) mass is 397 g/mol. The third-order valence-corrected chi connectivity index (χ3v) is 5.81. The summed E-state index contributed by atoms with van der Waals surface area (Å²) in [6.45, 7) is 5.84. The van der Waals surface area contributed by atoms with Crippen molar-refractivity contribution in [1.82, 2.24) is 4.98 Å². The normalized spacial score (nSPS) is 11.1. The molecule has 0 unspecified atom stereocenters. The number of aryl methyl sites for hydroxylation is 3. The fraction of sp³-hybridized carbons (Fsp3) is 0.190. The lowest BCUT2D eigenvalue weighted by molar-refractivity contribution is 0.411. The molecule has 2 N–H and O–H groups in total. The first-order valence-corrected chi connectivity index (χ1v) is 10.3. The van der Waals surface area contributed by atoms with Gasteiger partial charge in [-0.15, -0.1) is 0 Å². The number of aromatic nitrogens is 1. The molecule has 7 heteroatoms. The number of sulfonamides is 1. The Morgan fingerprint density at radius 1 is 0.929 bits per heavy atom. The molecule has 146 valence electrons. The van der Waals surface area contributed by atoms with Crippen LogP contribution in [0.1, 0.15) is 16.7 Å². The molecule has 0 fully saturated rings. The summed E-state index contributed by atoms with van der Waals surface area (Å²) in [6.07, 6.45) is 1.49. The van der Waals surface area contributed by atoms with Crippen LogP contribution in [0.3, 0.4) is 0 Å². The van der Waals surface area contributed by atoms with Gasteiger partial charge in [0.1, 0.15) is 11.6 Å². The second kappa shape index (κ2) is 7.90. The van der Waals surface area contributed by atoms with E-state index in [1.54, 1.807) is 38.3 Å². The van der Waals surface area contributed by atoms with E-state index in [0.29, 0.717) is 17.3 Å². The minimum Gasteiger partial charge on any atom is -0.496 e. The van der Waals surface area contributed by atoms with Crippen molar-refractivity contribution < 1.29 is 13.2 Å². The average molecular weight is 398 g/mol. The molecule has 0 atom stereocenters. The van der Waals surface area contributed by atoms with Gasteiger partial charge in [0.25, 0.3) is 10.0 Å². The quantitative estimate of drug-likeness (QED) is 0.637. The van der Waals surface area contributed by atoms with E-state index in [1.165, 1.54) is 12.3 Å². The molecule has 1 aromatic heterocycles. The molecule has 0 aliphatic heterocycles. The van der Waals surface area contributed by atoms with Crippen LogP contribution in [0.4, 0.5) is 17.2 Å². The standard InChI is InChI=1S/C21H23N3O3S/c1-14-6-5-7-15(2)21(14)23-20-11-8-17(13-22-20)24-28(25,26)18-9-10-19(27-4)16(3)12-18/h5-13,24H,1-4H3,(H,22,23). The summed E-state index contributed by atoms with van der Waals surface area (Å²) in [4.78, 5) is 4.49. The summed E-state index contributed by atoms with van der Waals surface area (Å²) in [5.74, 6) is 1.28. The Bertz CT molecular complexity index is 1070. The molecule has 0 spiro atoms. The van der Waals surface area contributed by atoms with Crippen molar-refractivity contribution in [3.63, 3.8) is 0 Å². The van der Waals surface area contributed by atoms with Crippen LogP contribution in [-0.4, -0.2) is 20.5 Å². The van der Waals surface area contributed by atoms with Crippen molar-refractivity contribution in [2.75, 3.05) is 17.1 Å².